The van der Waals surface area contributed by atoms with Crippen LogP contribution in [0.1, 0.15) is 42.7 Å². The molecule has 1 aromatic heterocycles. The molecule has 3 rings (SSSR count). The van der Waals surface area contributed by atoms with Gasteiger partial charge in [0.05, 0.1) is 12.8 Å². The van der Waals surface area contributed by atoms with Gasteiger partial charge in [0, 0.05) is 24.0 Å². The first-order chi connectivity index (χ1) is 11.7. The van der Waals surface area contributed by atoms with E-state index in [4.69, 9.17) is 10.5 Å². The number of amides is 1. The third-order valence-electron chi connectivity index (χ3n) is 5.13. The van der Waals surface area contributed by atoms with Crippen molar-refractivity contribution in [2.45, 2.75) is 51.0 Å². The number of fused-ring (bicyclic) bond motifs is 1. The topological polar surface area (TPSA) is 80.5 Å². The summed E-state index contributed by atoms with van der Waals surface area (Å²) in [6, 6.07) is 0.551. The smallest absolute Gasteiger partial charge is 0.409 e. The van der Waals surface area contributed by atoms with Gasteiger partial charge in [0.15, 0.2) is 5.13 Å². The van der Waals surface area contributed by atoms with E-state index in [0.717, 1.165) is 51.7 Å². The monoisotopic (exact) mass is 352 g/mol. The minimum atomic E-state index is -0.181. The molecule has 2 heterocycles. The van der Waals surface area contributed by atoms with Crippen molar-refractivity contribution in [1.82, 2.24) is 15.2 Å². The number of likely N-dealkylation sites (tertiary alicyclic amines) is 1. The molecule has 1 saturated heterocycles. The number of ether oxygens (including phenoxy) is 1. The molecule has 7 heteroatoms. The molecule has 0 bridgehead atoms. The van der Waals surface area contributed by atoms with Crippen LogP contribution in [0.2, 0.25) is 0 Å². The maximum absolute atomic E-state index is 11.6. The fourth-order valence-electron chi connectivity index (χ4n) is 3.86. The predicted molar refractivity (Wildman–Crippen MR) is 96.3 cm³/mol. The molecule has 1 fully saturated rings. The Labute approximate surface area is 147 Å². The summed E-state index contributed by atoms with van der Waals surface area (Å²) in [6.45, 7) is 2.73. The van der Waals surface area contributed by atoms with Crippen molar-refractivity contribution in [3.8, 4) is 0 Å². The SMILES string of the molecule is COC(=O)N1CCCC(CCCNC2CCc3nc(N)sc3C2)C1. The number of rotatable bonds is 5. The molecule has 1 aliphatic heterocycles. The van der Waals surface area contributed by atoms with Crippen molar-refractivity contribution in [2.24, 2.45) is 5.92 Å². The van der Waals surface area contributed by atoms with Gasteiger partial charge >= 0.3 is 6.09 Å². The molecule has 0 spiro atoms. The Bertz CT molecular complexity index is 563. The summed E-state index contributed by atoms with van der Waals surface area (Å²) in [4.78, 5) is 19.2. The van der Waals surface area contributed by atoms with E-state index in [-0.39, 0.29) is 6.09 Å². The van der Waals surface area contributed by atoms with Crippen LogP contribution in [0.15, 0.2) is 0 Å². The van der Waals surface area contributed by atoms with E-state index in [1.165, 1.54) is 30.5 Å². The van der Waals surface area contributed by atoms with Crippen molar-refractivity contribution in [1.29, 1.82) is 0 Å². The standard InChI is InChI=1S/C17H28N4O2S/c1-23-17(22)21-9-3-5-12(11-21)4-2-8-19-13-6-7-14-15(10-13)24-16(18)20-14/h12-13,19H,2-11H2,1H3,(H2,18,20). The van der Waals surface area contributed by atoms with Gasteiger partial charge < -0.3 is 20.7 Å². The minimum Gasteiger partial charge on any atom is -0.453 e. The molecule has 6 nitrogen and oxygen atoms in total. The Morgan fingerprint density at radius 3 is 3.21 bits per heavy atom. The van der Waals surface area contributed by atoms with Crippen molar-refractivity contribution in [3.63, 3.8) is 0 Å². The molecule has 2 unspecified atom stereocenters. The van der Waals surface area contributed by atoms with Gasteiger partial charge in [0.1, 0.15) is 0 Å². The zero-order valence-corrected chi connectivity index (χ0v) is 15.2. The zero-order valence-electron chi connectivity index (χ0n) is 14.4. The van der Waals surface area contributed by atoms with Crippen LogP contribution in [0, 0.1) is 5.92 Å². The third kappa shape index (κ3) is 4.39. The number of nitrogens with one attached hydrogen (secondary N) is 1. The first-order valence-electron chi connectivity index (χ1n) is 8.96. The Morgan fingerprint density at radius 2 is 2.38 bits per heavy atom. The number of methoxy groups -OCH3 is 1. The second-order valence-corrected chi connectivity index (χ2v) is 8.00. The summed E-state index contributed by atoms with van der Waals surface area (Å²) in [7, 11) is 1.46. The number of carbonyl (C=O) groups excluding carboxylic acids is 1. The first kappa shape index (κ1) is 17.5. The molecule has 0 aromatic carbocycles. The average molecular weight is 353 g/mol. The average Bonchev–Trinajstić information content (AvgIpc) is 2.97. The number of nitrogens with zero attached hydrogens (tertiary/aromatic N) is 2. The molecule has 2 atom stereocenters. The number of hydrogen-bond acceptors (Lipinski definition) is 6. The molecule has 3 N–H and O–H groups in total. The Balaban J connectivity index is 1.35. The largest absolute Gasteiger partial charge is 0.453 e. The van der Waals surface area contributed by atoms with Crippen LogP contribution in [0.3, 0.4) is 0 Å². The lowest BCUT2D eigenvalue weighted by Crippen LogP contribution is -2.40. The Hall–Kier alpha value is -1.34. The van der Waals surface area contributed by atoms with Gasteiger partial charge in [-0.05, 0) is 57.4 Å². The first-order valence-corrected chi connectivity index (χ1v) is 9.77. The summed E-state index contributed by atoms with van der Waals surface area (Å²) in [5.74, 6) is 0.610. The van der Waals surface area contributed by atoms with Crippen LogP contribution < -0.4 is 11.1 Å². The molecule has 1 aromatic rings. The number of nitrogens with two attached hydrogens (primary N) is 1. The van der Waals surface area contributed by atoms with E-state index in [9.17, 15) is 4.79 Å². The van der Waals surface area contributed by atoms with Gasteiger partial charge in [-0.1, -0.05) is 0 Å². The normalized spacial score (nSPS) is 23.8. The lowest BCUT2D eigenvalue weighted by atomic mass is 9.93. The van der Waals surface area contributed by atoms with Gasteiger partial charge in [-0.3, -0.25) is 0 Å². The molecular formula is C17H28N4O2S. The number of carbonyl (C=O) groups is 1. The molecule has 134 valence electrons. The summed E-state index contributed by atoms with van der Waals surface area (Å²) in [5.41, 5.74) is 7.01. The number of hydrogen-bond donors (Lipinski definition) is 2. The van der Waals surface area contributed by atoms with E-state index >= 15 is 0 Å². The fraction of sp³-hybridized carbons (Fsp3) is 0.765. The highest BCUT2D eigenvalue weighted by atomic mass is 32.1. The minimum absolute atomic E-state index is 0.181. The number of aryl methyl sites for hydroxylation is 1. The highest BCUT2D eigenvalue weighted by molar-refractivity contribution is 7.15. The van der Waals surface area contributed by atoms with E-state index in [1.54, 1.807) is 11.3 Å². The molecular weight excluding hydrogens is 324 g/mol. The number of anilines is 1. The van der Waals surface area contributed by atoms with Crippen molar-refractivity contribution in [2.75, 3.05) is 32.5 Å². The van der Waals surface area contributed by atoms with E-state index in [1.807, 2.05) is 4.90 Å². The number of thiazole rings is 1. The van der Waals surface area contributed by atoms with Crippen molar-refractivity contribution >= 4 is 22.6 Å². The van der Waals surface area contributed by atoms with E-state index in [0.29, 0.717) is 17.1 Å². The number of piperidine rings is 1. The van der Waals surface area contributed by atoms with Crippen LogP contribution in [0.25, 0.3) is 0 Å². The summed E-state index contributed by atoms with van der Waals surface area (Å²) < 4.78 is 4.84. The van der Waals surface area contributed by atoms with Crippen molar-refractivity contribution < 1.29 is 9.53 Å². The Morgan fingerprint density at radius 1 is 1.50 bits per heavy atom. The fourth-order valence-corrected chi connectivity index (χ4v) is 4.82. The molecule has 24 heavy (non-hydrogen) atoms. The second-order valence-electron chi connectivity index (χ2n) is 6.88. The Kier molecular flexibility index (Phi) is 5.94. The molecule has 1 aliphatic carbocycles. The molecule has 2 aliphatic rings. The third-order valence-corrected chi connectivity index (χ3v) is 6.08. The highest BCUT2D eigenvalue weighted by Crippen LogP contribution is 2.28. The van der Waals surface area contributed by atoms with E-state index < -0.39 is 0 Å². The maximum Gasteiger partial charge on any atom is 0.409 e. The molecule has 0 saturated carbocycles. The van der Waals surface area contributed by atoms with Crippen LogP contribution in [-0.2, 0) is 17.6 Å². The van der Waals surface area contributed by atoms with Gasteiger partial charge in [-0.2, -0.15) is 0 Å². The van der Waals surface area contributed by atoms with Crippen LogP contribution in [0.4, 0.5) is 9.93 Å². The summed E-state index contributed by atoms with van der Waals surface area (Å²) in [6.07, 6.45) is 7.71. The zero-order chi connectivity index (χ0) is 16.9. The van der Waals surface area contributed by atoms with Crippen molar-refractivity contribution in [3.05, 3.63) is 10.6 Å². The second kappa shape index (κ2) is 8.16. The van der Waals surface area contributed by atoms with Crippen LogP contribution in [0.5, 0.6) is 0 Å². The van der Waals surface area contributed by atoms with Gasteiger partial charge in [-0.25, -0.2) is 9.78 Å². The van der Waals surface area contributed by atoms with Crippen LogP contribution >= 0.6 is 11.3 Å². The van der Waals surface area contributed by atoms with E-state index in [2.05, 4.69) is 10.3 Å². The van der Waals surface area contributed by atoms with Gasteiger partial charge in [0.25, 0.3) is 0 Å². The van der Waals surface area contributed by atoms with Crippen LogP contribution in [-0.4, -0.2) is 48.8 Å². The quantitative estimate of drug-likeness (QED) is 0.796. The number of aromatic nitrogens is 1. The highest BCUT2D eigenvalue weighted by Gasteiger charge is 2.24. The number of nitrogen functional groups attached to an aromatic ring is 1. The lowest BCUT2D eigenvalue weighted by Gasteiger charge is -2.31. The predicted octanol–water partition coefficient (Wildman–Crippen LogP) is 2.43. The summed E-state index contributed by atoms with van der Waals surface area (Å²) in [5, 5.41) is 4.39. The molecule has 1 amide bonds. The van der Waals surface area contributed by atoms with Gasteiger partial charge in [0.2, 0.25) is 0 Å². The molecule has 0 radical (unpaired) electrons. The van der Waals surface area contributed by atoms with Gasteiger partial charge in [-0.15, -0.1) is 11.3 Å². The summed E-state index contributed by atoms with van der Waals surface area (Å²) >= 11 is 1.64. The lowest BCUT2D eigenvalue weighted by molar-refractivity contribution is 0.100. The maximum atomic E-state index is 11.6.